The molecule has 0 aliphatic heterocycles. The van der Waals surface area contributed by atoms with Gasteiger partial charge in [-0.05, 0) is 68.1 Å². The predicted octanol–water partition coefficient (Wildman–Crippen LogP) is 3.25. The fourth-order valence-electron chi connectivity index (χ4n) is 1.76. The molecule has 0 aliphatic rings. The molecule has 3 N–H and O–H groups in total. The van der Waals surface area contributed by atoms with Crippen LogP contribution in [0.1, 0.15) is 10.4 Å². The first-order chi connectivity index (χ1) is 9.92. The van der Waals surface area contributed by atoms with Gasteiger partial charge in [0.25, 0.3) is 0 Å². The highest BCUT2D eigenvalue weighted by molar-refractivity contribution is 9.11. The van der Waals surface area contributed by atoms with Crippen LogP contribution in [-0.4, -0.2) is 15.0 Å². The summed E-state index contributed by atoms with van der Waals surface area (Å²) in [5, 5.41) is 0. The van der Waals surface area contributed by atoms with Gasteiger partial charge in [0, 0.05) is 22.4 Å². The predicted molar refractivity (Wildman–Crippen MR) is 92.9 cm³/mol. The summed E-state index contributed by atoms with van der Waals surface area (Å²) in [6.45, 7) is 0.736. The van der Waals surface area contributed by atoms with Crippen molar-refractivity contribution in [3.05, 3.63) is 49.0 Å². The second-order valence-corrected chi connectivity index (χ2v) is 9.46. The van der Waals surface area contributed by atoms with Crippen molar-refractivity contribution in [1.29, 1.82) is 0 Å². The summed E-state index contributed by atoms with van der Waals surface area (Å²) in [7, 11) is -3.52. The molecule has 2 aromatic rings. The van der Waals surface area contributed by atoms with Crippen molar-refractivity contribution in [2.75, 3.05) is 6.54 Å². The molecule has 0 saturated heterocycles. The van der Waals surface area contributed by atoms with Crippen LogP contribution in [0.2, 0.25) is 0 Å². The molecule has 0 bridgehead atoms. The van der Waals surface area contributed by atoms with Crippen molar-refractivity contribution in [3.63, 3.8) is 0 Å². The standard InChI is InChI=1S/C13H14Br2N2O2S2/c14-11-7-9(8-16)1-3-12(11)21(18,19)17-6-5-10-2-4-13(15)20-10/h1-4,7,17H,5-6,8,16H2. The van der Waals surface area contributed by atoms with E-state index in [1.165, 1.54) is 0 Å². The molecule has 8 heteroatoms. The number of hydrogen-bond donors (Lipinski definition) is 2. The Morgan fingerprint density at radius 3 is 2.52 bits per heavy atom. The Hall–Kier alpha value is -0.250. The maximum absolute atomic E-state index is 12.3. The third-order valence-electron chi connectivity index (χ3n) is 2.81. The number of nitrogens with two attached hydrogens (primary N) is 1. The van der Waals surface area contributed by atoms with Crippen LogP contribution in [0, 0.1) is 0 Å². The Labute approximate surface area is 145 Å². The summed E-state index contributed by atoms with van der Waals surface area (Å²) in [5.41, 5.74) is 6.41. The molecule has 2 rings (SSSR count). The Balaban J connectivity index is 2.04. The Morgan fingerprint density at radius 1 is 1.19 bits per heavy atom. The fourth-order valence-corrected chi connectivity index (χ4v) is 5.40. The number of rotatable bonds is 6. The number of sulfonamides is 1. The molecule has 0 aliphatic carbocycles. The van der Waals surface area contributed by atoms with E-state index in [4.69, 9.17) is 5.73 Å². The number of hydrogen-bond acceptors (Lipinski definition) is 4. The second kappa shape index (κ2) is 7.34. The highest BCUT2D eigenvalue weighted by Gasteiger charge is 2.17. The van der Waals surface area contributed by atoms with Crippen LogP contribution in [0.3, 0.4) is 0 Å². The van der Waals surface area contributed by atoms with Gasteiger partial charge in [0.1, 0.15) is 0 Å². The lowest BCUT2D eigenvalue weighted by Crippen LogP contribution is -2.26. The van der Waals surface area contributed by atoms with Crippen molar-refractivity contribution in [2.45, 2.75) is 17.9 Å². The van der Waals surface area contributed by atoms with Crippen molar-refractivity contribution in [2.24, 2.45) is 5.73 Å². The molecule has 1 aromatic heterocycles. The van der Waals surface area contributed by atoms with Gasteiger partial charge in [-0.3, -0.25) is 0 Å². The summed E-state index contributed by atoms with van der Waals surface area (Å²) in [6.07, 6.45) is 0.661. The first kappa shape index (κ1) is 17.1. The first-order valence-electron chi connectivity index (χ1n) is 6.15. The fraction of sp³-hybridized carbons (Fsp3) is 0.231. The molecule has 1 aromatic carbocycles. The van der Waals surface area contributed by atoms with E-state index in [9.17, 15) is 8.42 Å². The first-order valence-corrected chi connectivity index (χ1v) is 10.0. The van der Waals surface area contributed by atoms with E-state index in [-0.39, 0.29) is 4.90 Å². The number of benzene rings is 1. The molecular formula is C13H14Br2N2O2S2. The molecule has 0 spiro atoms. The van der Waals surface area contributed by atoms with E-state index in [2.05, 4.69) is 36.6 Å². The van der Waals surface area contributed by atoms with Gasteiger partial charge in [0.2, 0.25) is 10.0 Å². The van der Waals surface area contributed by atoms with Crippen LogP contribution in [0.15, 0.2) is 43.5 Å². The van der Waals surface area contributed by atoms with Gasteiger partial charge < -0.3 is 5.73 Å². The minimum atomic E-state index is -3.52. The van der Waals surface area contributed by atoms with Crippen molar-refractivity contribution in [1.82, 2.24) is 4.72 Å². The van der Waals surface area contributed by atoms with E-state index in [1.54, 1.807) is 29.5 Å². The average Bonchev–Trinajstić information content (AvgIpc) is 2.83. The van der Waals surface area contributed by atoms with E-state index < -0.39 is 10.0 Å². The van der Waals surface area contributed by atoms with E-state index >= 15 is 0 Å². The van der Waals surface area contributed by atoms with Crippen molar-refractivity contribution in [3.8, 4) is 0 Å². The monoisotopic (exact) mass is 452 g/mol. The Bertz CT molecular complexity index is 730. The topological polar surface area (TPSA) is 72.2 Å². The van der Waals surface area contributed by atoms with Crippen LogP contribution < -0.4 is 10.5 Å². The molecule has 0 amide bonds. The highest BCUT2D eigenvalue weighted by atomic mass is 79.9. The Kier molecular flexibility index (Phi) is 5.98. The number of halogens is 2. The van der Waals surface area contributed by atoms with Gasteiger partial charge in [-0.1, -0.05) is 6.07 Å². The normalized spacial score (nSPS) is 11.8. The summed E-state index contributed by atoms with van der Waals surface area (Å²) in [5.74, 6) is 0. The average molecular weight is 454 g/mol. The van der Waals surface area contributed by atoms with Crippen molar-refractivity contribution >= 4 is 53.2 Å². The lowest BCUT2D eigenvalue weighted by Gasteiger charge is -2.09. The van der Waals surface area contributed by atoms with Crippen LogP contribution in [0.4, 0.5) is 0 Å². The molecule has 1 heterocycles. The van der Waals surface area contributed by atoms with Crippen LogP contribution in [0.5, 0.6) is 0 Å². The van der Waals surface area contributed by atoms with Crippen LogP contribution in [-0.2, 0) is 23.0 Å². The molecule has 114 valence electrons. The summed E-state index contributed by atoms with van der Waals surface area (Å²) >= 11 is 8.27. The summed E-state index contributed by atoms with van der Waals surface area (Å²) in [4.78, 5) is 1.36. The van der Waals surface area contributed by atoms with Gasteiger partial charge >= 0.3 is 0 Å². The van der Waals surface area contributed by atoms with Gasteiger partial charge in [-0.15, -0.1) is 11.3 Å². The third kappa shape index (κ3) is 4.61. The van der Waals surface area contributed by atoms with Crippen LogP contribution in [0.25, 0.3) is 0 Å². The van der Waals surface area contributed by atoms with Gasteiger partial charge in [-0.2, -0.15) is 0 Å². The summed E-state index contributed by atoms with van der Waals surface area (Å²) in [6, 6.07) is 8.95. The molecule has 0 unspecified atom stereocenters. The summed E-state index contributed by atoms with van der Waals surface area (Å²) < 4.78 is 28.7. The minimum absolute atomic E-state index is 0.229. The quantitative estimate of drug-likeness (QED) is 0.704. The minimum Gasteiger partial charge on any atom is -0.326 e. The molecule has 4 nitrogen and oxygen atoms in total. The molecule has 0 radical (unpaired) electrons. The zero-order valence-electron chi connectivity index (χ0n) is 11.0. The highest BCUT2D eigenvalue weighted by Crippen LogP contribution is 2.24. The molecule has 0 fully saturated rings. The van der Waals surface area contributed by atoms with Crippen molar-refractivity contribution < 1.29 is 8.42 Å². The molecular weight excluding hydrogens is 440 g/mol. The number of nitrogens with one attached hydrogen (secondary N) is 1. The molecule has 0 saturated carbocycles. The van der Waals surface area contributed by atoms with Crippen LogP contribution >= 0.6 is 43.2 Å². The van der Waals surface area contributed by atoms with E-state index in [1.807, 2.05) is 12.1 Å². The van der Waals surface area contributed by atoms with E-state index in [0.29, 0.717) is 24.0 Å². The molecule has 21 heavy (non-hydrogen) atoms. The Morgan fingerprint density at radius 2 is 1.95 bits per heavy atom. The van der Waals surface area contributed by atoms with Gasteiger partial charge in [0.15, 0.2) is 0 Å². The lowest BCUT2D eigenvalue weighted by atomic mass is 10.2. The zero-order valence-corrected chi connectivity index (χ0v) is 15.8. The molecule has 0 atom stereocenters. The van der Waals surface area contributed by atoms with Gasteiger partial charge in [-0.25, -0.2) is 13.1 Å². The lowest BCUT2D eigenvalue weighted by molar-refractivity contribution is 0.581. The third-order valence-corrected chi connectivity index (χ3v) is 6.93. The second-order valence-electron chi connectivity index (χ2n) is 4.32. The zero-order chi connectivity index (χ0) is 15.5. The smallest absolute Gasteiger partial charge is 0.241 e. The SMILES string of the molecule is NCc1ccc(S(=O)(=O)NCCc2ccc(Br)s2)c(Br)c1. The largest absolute Gasteiger partial charge is 0.326 e. The van der Waals surface area contributed by atoms with Gasteiger partial charge in [0.05, 0.1) is 8.68 Å². The maximum atomic E-state index is 12.3. The maximum Gasteiger partial charge on any atom is 0.241 e. The number of thiophene rings is 1. The van der Waals surface area contributed by atoms with E-state index in [0.717, 1.165) is 14.2 Å².